The largest absolute Gasteiger partial charge is 0.378 e. The number of morpholine rings is 1. The van der Waals surface area contributed by atoms with Gasteiger partial charge in [-0.2, -0.15) is 0 Å². The van der Waals surface area contributed by atoms with Crippen LogP contribution in [0.4, 0.5) is 0 Å². The van der Waals surface area contributed by atoms with Gasteiger partial charge in [0.2, 0.25) is 15.9 Å². The summed E-state index contributed by atoms with van der Waals surface area (Å²) < 4.78 is 32.6. The minimum absolute atomic E-state index is 0.0357. The molecule has 1 N–H and O–H groups in total. The second-order valence-corrected chi connectivity index (χ2v) is 8.05. The summed E-state index contributed by atoms with van der Waals surface area (Å²) in [5.41, 5.74) is 2.39. The van der Waals surface area contributed by atoms with Crippen LogP contribution in [0.1, 0.15) is 30.4 Å². The minimum Gasteiger partial charge on any atom is -0.378 e. The molecule has 0 unspecified atom stereocenters. The van der Waals surface area contributed by atoms with Crippen molar-refractivity contribution in [2.75, 3.05) is 32.8 Å². The number of hydrogen-bond acceptors (Lipinski definition) is 4. The third-order valence-electron chi connectivity index (χ3n) is 4.62. The van der Waals surface area contributed by atoms with Gasteiger partial charge in [-0.05, 0) is 48.9 Å². The van der Waals surface area contributed by atoms with Gasteiger partial charge in [-0.3, -0.25) is 4.79 Å². The third kappa shape index (κ3) is 4.15. The molecule has 0 spiro atoms. The van der Waals surface area contributed by atoms with Crippen molar-refractivity contribution >= 4 is 15.9 Å². The van der Waals surface area contributed by atoms with Crippen LogP contribution in [0.5, 0.6) is 0 Å². The number of carbonyl (C=O) groups excluding carboxylic acids is 1. The van der Waals surface area contributed by atoms with Crippen molar-refractivity contribution in [3.8, 4) is 0 Å². The summed E-state index contributed by atoms with van der Waals surface area (Å²) in [6.07, 6.45) is 4.41. The maximum absolute atomic E-state index is 12.4. The highest BCUT2D eigenvalue weighted by Crippen LogP contribution is 2.24. The van der Waals surface area contributed by atoms with Crippen LogP contribution in [0.15, 0.2) is 23.1 Å². The van der Waals surface area contributed by atoms with E-state index in [1.54, 1.807) is 17.0 Å². The lowest BCUT2D eigenvalue weighted by Crippen LogP contribution is -2.42. The number of benzene rings is 1. The van der Waals surface area contributed by atoms with Gasteiger partial charge < -0.3 is 9.64 Å². The number of sulfonamides is 1. The van der Waals surface area contributed by atoms with E-state index in [0.29, 0.717) is 31.2 Å². The number of fused-ring (bicyclic) bond motifs is 1. The van der Waals surface area contributed by atoms with Crippen LogP contribution in [0.3, 0.4) is 0 Å². The zero-order chi connectivity index (χ0) is 17.0. The number of aryl methyl sites for hydroxylation is 2. The Morgan fingerprint density at radius 1 is 1.12 bits per heavy atom. The van der Waals surface area contributed by atoms with E-state index in [0.717, 1.165) is 24.8 Å². The van der Waals surface area contributed by atoms with Crippen LogP contribution in [-0.4, -0.2) is 52.1 Å². The maximum atomic E-state index is 12.4. The zero-order valence-corrected chi connectivity index (χ0v) is 14.6. The molecule has 132 valence electrons. The fourth-order valence-electron chi connectivity index (χ4n) is 3.22. The topological polar surface area (TPSA) is 75.7 Å². The van der Waals surface area contributed by atoms with Gasteiger partial charge in [0.25, 0.3) is 0 Å². The highest BCUT2D eigenvalue weighted by atomic mass is 32.2. The first-order valence-corrected chi connectivity index (χ1v) is 10.0. The van der Waals surface area contributed by atoms with Gasteiger partial charge in [-0.25, -0.2) is 13.1 Å². The molecule has 0 atom stereocenters. The number of nitrogens with one attached hydrogen (secondary N) is 1. The number of hydrogen-bond donors (Lipinski definition) is 1. The smallest absolute Gasteiger partial charge is 0.240 e. The molecule has 1 heterocycles. The summed E-state index contributed by atoms with van der Waals surface area (Å²) in [5, 5.41) is 0. The molecule has 24 heavy (non-hydrogen) atoms. The number of ether oxygens (including phenoxy) is 1. The van der Waals surface area contributed by atoms with Gasteiger partial charge in [0.1, 0.15) is 0 Å². The molecule has 1 aliphatic carbocycles. The van der Waals surface area contributed by atoms with E-state index in [4.69, 9.17) is 4.74 Å². The summed E-state index contributed by atoms with van der Waals surface area (Å²) in [6, 6.07) is 5.36. The monoisotopic (exact) mass is 352 g/mol. The van der Waals surface area contributed by atoms with Crippen LogP contribution >= 0.6 is 0 Å². The standard InChI is InChI=1S/C17H24N2O4S/c20-17(19-9-11-23-12-10-19)7-8-18-24(21,22)16-6-5-14-3-1-2-4-15(14)13-16/h5-6,13,18H,1-4,7-12H2. The van der Waals surface area contributed by atoms with Gasteiger partial charge in [0, 0.05) is 26.1 Å². The summed E-state index contributed by atoms with van der Waals surface area (Å²) in [6.45, 7) is 2.38. The lowest BCUT2D eigenvalue weighted by molar-refractivity contribution is -0.135. The molecule has 3 rings (SSSR count). The molecule has 1 aromatic carbocycles. The van der Waals surface area contributed by atoms with E-state index in [1.807, 2.05) is 6.07 Å². The Hall–Kier alpha value is -1.44. The van der Waals surface area contributed by atoms with Gasteiger partial charge in [-0.15, -0.1) is 0 Å². The van der Waals surface area contributed by atoms with E-state index in [-0.39, 0.29) is 18.9 Å². The molecule has 0 radical (unpaired) electrons. The first kappa shape index (κ1) is 17.4. The average molecular weight is 352 g/mol. The Morgan fingerprint density at radius 3 is 2.58 bits per heavy atom. The zero-order valence-electron chi connectivity index (χ0n) is 13.8. The van der Waals surface area contributed by atoms with E-state index in [1.165, 1.54) is 12.0 Å². The van der Waals surface area contributed by atoms with E-state index < -0.39 is 10.0 Å². The fourth-order valence-corrected chi connectivity index (χ4v) is 4.31. The minimum atomic E-state index is -3.57. The van der Waals surface area contributed by atoms with Crippen LogP contribution in [0.25, 0.3) is 0 Å². The van der Waals surface area contributed by atoms with Crippen molar-refractivity contribution in [2.24, 2.45) is 0 Å². The van der Waals surface area contributed by atoms with Crippen LogP contribution in [0, 0.1) is 0 Å². The molecule has 7 heteroatoms. The third-order valence-corrected chi connectivity index (χ3v) is 6.08. The summed E-state index contributed by atoms with van der Waals surface area (Å²) >= 11 is 0. The number of carbonyl (C=O) groups is 1. The molecule has 0 aromatic heterocycles. The first-order chi connectivity index (χ1) is 11.6. The van der Waals surface area contributed by atoms with Crippen molar-refractivity contribution in [1.82, 2.24) is 9.62 Å². The van der Waals surface area contributed by atoms with Crippen molar-refractivity contribution in [2.45, 2.75) is 37.0 Å². The summed E-state index contributed by atoms with van der Waals surface area (Å²) in [4.78, 5) is 14.1. The van der Waals surface area contributed by atoms with Crippen molar-refractivity contribution in [3.63, 3.8) is 0 Å². The molecule has 0 saturated carbocycles. The Bertz CT molecular complexity index is 697. The second kappa shape index (κ2) is 7.63. The lowest BCUT2D eigenvalue weighted by Gasteiger charge is -2.26. The van der Waals surface area contributed by atoms with Crippen molar-refractivity contribution in [1.29, 1.82) is 0 Å². The van der Waals surface area contributed by atoms with Gasteiger partial charge in [-0.1, -0.05) is 6.07 Å². The Kier molecular flexibility index (Phi) is 5.53. The summed E-state index contributed by atoms with van der Waals surface area (Å²) in [5.74, 6) is -0.0357. The predicted molar refractivity (Wildman–Crippen MR) is 90.3 cm³/mol. The Labute approximate surface area is 143 Å². The molecule has 0 bridgehead atoms. The van der Waals surface area contributed by atoms with Crippen LogP contribution < -0.4 is 4.72 Å². The Morgan fingerprint density at radius 2 is 1.83 bits per heavy atom. The number of nitrogens with zero attached hydrogens (tertiary/aromatic N) is 1. The maximum Gasteiger partial charge on any atom is 0.240 e. The van der Waals surface area contributed by atoms with E-state index in [2.05, 4.69) is 4.72 Å². The van der Waals surface area contributed by atoms with Crippen molar-refractivity contribution < 1.29 is 17.9 Å². The Balaban J connectivity index is 1.56. The molecule has 2 aliphatic rings. The number of rotatable bonds is 5. The predicted octanol–water partition coefficient (Wildman–Crippen LogP) is 1.09. The van der Waals surface area contributed by atoms with Gasteiger partial charge in [0.15, 0.2) is 0 Å². The van der Waals surface area contributed by atoms with Gasteiger partial charge in [0.05, 0.1) is 18.1 Å². The molecule has 1 saturated heterocycles. The van der Waals surface area contributed by atoms with Crippen molar-refractivity contribution in [3.05, 3.63) is 29.3 Å². The fraction of sp³-hybridized carbons (Fsp3) is 0.588. The second-order valence-electron chi connectivity index (χ2n) is 6.28. The van der Waals surface area contributed by atoms with E-state index in [9.17, 15) is 13.2 Å². The molecule has 6 nitrogen and oxygen atoms in total. The van der Waals surface area contributed by atoms with Crippen LogP contribution in [0.2, 0.25) is 0 Å². The molecule has 1 aromatic rings. The first-order valence-electron chi connectivity index (χ1n) is 8.53. The quantitative estimate of drug-likeness (QED) is 0.861. The molecule has 1 aliphatic heterocycles. The highest BCUT2D eigenvalue weighted by Gasteiger charge is 2.20. The average Bonchev–Trinajstić information content (AvgIpc) is 2.62. The molecular weight excluding hydrogens is 328 g/mol. The van der Waals surface area contributed by atoms with Gasteiger partial charge >= 0.3 is 0 Å². The number of amides is 1. The molecule has 1 amide bonds. The SMILES string of the molecule is O=C(CCNS(=O)(=O)c1ccc2c(c1)CCCC2)N1CCOCC1. The molecule has 1 fully saturated rings. The normalized spacial score (nSPS) is 18.2. The van der Waals surface area contributed by atoms with E-state index >= 15 is 0 Å². The van der Waals surface area contributed by atoms with Crippen LogP contribution in [-0.2, 0) is 32.4 Å². The highest BCUT2D eigenvalue weighted by molar-refractivity contribution is 7.89. The summed E-state index contributed by atoms with van der Waals surface area (Å²) in [7, 11) is -3.57. The molecular formula is C17H24N2O4S. The lowest BCUT2D eigenvalue weighted by atomic mass is 9.92.